The maximum Gasteiger partial charge on any atom is 0.251 e. The van der Waals surface area contributed by atoms with E-state index in [-0.39, 0.29) is 17.7 Å². The number of thiazole rings is 1. The van der Waals surface area contributed by atoms with Crippen molar-refractivity contribution in [2.75, 3.05) is 38.2 Å². The third kappa shape index (κ3) is 6.05. The Hall–Kier alpha value is -1.51. The van der Waals surface area contributed by atoms with Crippen LogP contribution in [0.2, 0.25) is 0 Å². The molecule has 0 saturated carbocycles. The van der Waals surface area contributed by atoms with Crippen LogP contribution in [-0.2, 0) is 19.1 Å². The van der Waals surface area contributed by atoms with E-state index in [2.05, 4.69) is 10.3 Å². The number of likely N-dealkylation sites (tertiary alicyclic amines) is 1. The SMILES string of the molecule is CCOCCOC(C)C(=O)N1CCC(C(=O)Nc2nc(C)cs2)CC1. The van der Waals surface area contributed by atoms with Crippen molar-refractivity contribution < 1.29 is 19.1 Å². The van der Waals surface area contributed by atoms with Gasteiger partial charge in [-0.3, -0.25) is 9.59 Å². The van der Waals surface area contributed by atoms with Crippen LogP contribution in [-0.4, -0.2) is 60.7 Å². The van der Waals surface area contributed by atoms with Crippen molar-refractivity contribution in [1.29, 1.82) is 0 Å². The number of hydrogen-bond acceptors (Lipinski definition) is 6. The van der Waals surface area contributed by atoms with E-state index in [0.29, 0.717) is 50.9 Å². The molecule has 0 radical (unpaired) electrons. The molecule has 0 spiro atoms. The first-order chi connectivity index (χ1) is 12.0. The minimum atomic E-state index is -0.482. The van der Waals surface area contributed by atoms with E-state index in [1.54, 1.807) is 11.8 Å². The molecule has 0 aromatic carbocycles. The fraction of sp³-hybridized carbons (Fsp3) is 0.706. The van der Waals surface area contributed by atoms with Crippen LogP contribution in [0.3, 0.4) is 0 Å². The molecule has 140 valence electrons. The molecule has 0 bridgehead atoms. The highest BCUT2D eigenvalue weighted by atomic mass is 32.1. The van der Waals surface area contributed by atoms with Crippen molar-refractivity contribution in [3.8, 4) is 0 Å². The highest BCUT2D eigenvalue weighted by molar-refractivity contribution is 7.13. The Balaban J connectivity index is 1.72. The molecule has 1 aromatic rings. The smallest absolute Gasteiger partial charge is 0.251 e. The average Bonchev–Trinajstić information content (AvgIpc) is 3.02. The zero-order valence-electron chi connectivity index (χ0n) is 15.1. The van der Waals surface area contributed by atoms with Gasteiger partial charge in [-0.2, -0.15) is 0 Å². The largest absolute Gasteiger partial charge is 0.379 e. The maximum atomic E-state index is 12.4. The fourth-order valence-electron chi connectivity index (χ4n) is 2.74. The van der Waals surface area contributed by atoms with Crippen molar-refractivity contribution in [2.45, 2.75) is 39.7 Å². The van der Waals surface area contributed by atoms with E-state index < -0.39 is 6.10 Å². The summed E-state index contributed by atoms with van der Waals surface area (Å²) in [5.41, 5.74) is 0.902. The summed E-state index contributed by atoms with van der Waals surface area (Å²) in [6, 6.07) is 0. The lowest BCUT2D eigenvalue weighted by atomic mass is 9.95. The number of ether oxygens (including phenoxy) is 2. The van der Waals surface area contributed by atoms with Crippen molar-refractivity contribution in [1.82, 2.24) is 9.88 Å². The summed E-state index contributed by atoms with van der Waals surface area (Å²) in [4.78, 5) is 30.7. The van der Waals surface area contributed by atoms with Gasteiger partial charge in [-0.1, -0.05) is 0 Å². The van der Waals surface area contributed by atoms with Gasteiger partial charge in [0, 0.05) is 31.0 Å². The van der Waals surface area contributed by atoms with E-state index in [1.807, 2.05) is 19.2 Å². The monoisotopic (exact) mass is 369 g/mol. The Morgan fingerprint density at radius 3 is 2.72 bits per heavy atom. The highest BCUT2D eigenvalue weighted by Crippen LogP contribution is 2.22. The second-order valence-electron chi connectivity index (χ2n) is 6.09. The van der Waals surface area contributed by atoms with Crippen molar-refractivity contribution >= 4 is 28.3 Å². The Morgan fingerprint density at radius 2 is 2.12 bits per heavy atom. The standard InChI is InChI=1S/C17H27N3O4S/c1-4-23-9-10-24-13(3)16(22)20-7-5-14(6-8-20)15(21)19-17-18-12(2)11-25-17/h11,13-14H,4-10H2,1-3H3,(H,18,19,21). The summed E-state index contributed by atoms with van der Waals surface area (Å²) >= 11 is 1.43. The first kappa shape index (κ1) is 19.8. The van der Waals surface area contributed by atoms with Gasteiger partial charge in [0.05, 0.1) is 18.9 Å². The molecule has 1 N–H and O–H groups in total. The first-order valence-corrected chi connectivity index (χ1v) is 9.60. The van der Waals surface area contributed by atoms with Gasteiger partial charge >= 0.3 is 0 Å². The molecule has 2 amide bonds. The zero-order valence-corrected chi connectivity index (χ0v) is 15.9. The van der Waals surface area contributed by atoms with Gasteiger partial charge < -0.3 is 19.7 Å². The van der Waals surface area contributed by atoms with Crippen LogP contribution in [0, 0.1) is 12.8 Å². The lowest BCUT2D eigenvalue weighted by Crippen LogP contribution is -2.45. The molecule has 1 atom stereocenters. The second kappa shape index (κ2) is 9.84. The molecule has 1 aliphatic heterocycles. The summed E-state index contributed by atoms with van der Waals surface area (Å²) in [5.74, 6) is -0.115. The summed E-state index contributed by atoms with van der Waals surface area (Å²) in [6.45, 7) is 8.28. The number of aromatic nitrogens is 1. The van der Waals surface area contributed by atoms with Gasteiger partial charge in [0.15, 0.2) is 5.13 Å². The summed E-state index contributed by atoms with van der Waals surface area (Å²) in [5, 5.41) is 5.41. The number of rotatable bonds is 8. The van der Waals surface area contributed by atoms with Gasteiger partial charge in [0.1, 0.15) is 6.10 Å². The number of nitrogens with one attached hydrogen (secondary N) is 1. The molecular formula is C17H27N3O4S. The van der Waals surface area contributed by atoms with Crippen LogP contribution in [0.4, 0.5) is 5.13 Å². The van der Waals surface area contributed by atoms with Crippen molar-refractivity contribution in [2.24, 2.45) is 5.92 Å². The van der Waals surface area contributed by atoms with Crippen LogP contribution in [0.1, 0.15) is 32.4 Å². The number of aryl methyl sites for hydroxylation is 1. The zero-order chi connectivity index (χ0) is 18.2. The number of hydrogen-bond donors (Lipinski definition) is 1. The quantitative estimate of drug-likeness (QED) is 0.710. The van der Waals surface area contributed by atoms with E-state index in [9.17, 15) is 9.59 Å². The second-order valence-corrected chi connectivity index (χ2v) is 6.95. The number of piperidine rings is 1. The molecule has 25 heavy (non-hydrogen) atoms. The molecule has 2 rings (SSSR count). The van der Waals surface area contributed by atoms with Gasteiger partial charge in [-0.05, 0) is 33.6 Å². The molecule has 1 unspecified atom stereocenters. The van der Waals surface area contributed by atoms with Crippen molar-refractivity contribution in [3.05, 3.63) is 11.1 Å². The predicted molar refractivity (Wildman–Crippen MR) is 96.7 cm³/mol. The molecule has 7 nitrogen and oxygen atoms in total. The van der Waals surface area contributed by atoms with Gasteiger partial charge in [-0.25, -0.2) is 4.98 Å². The molecule has 2 heterocycles. The van der Waals surface area contributed by atoms with Crippen LogP contribution in [0.5, 0.6) is 0 Å². The Morgan fingerprint density at radius 1 is 1.40 bits per heavy atom. The van der Waals surface area contributed by atoms with Crippen molar-refractivity contribution in [3.63, 3.8) is 0 Å². The average molecular weight is 369 g/mol. The van der Waals surface area contributed by atoms with Gasteiger partial charge in [-0.15, -0.1) is 11.3 Å². The lowest BCUT2D eigenvalue weighted by molar-refractivity contribution is -0.145. The molecule has 1 fully saturated rings. The predicted octanol–water partition coefficient (Wildman–Crippen LogP) is 2.07. The molecule has 0 aliphatic carbocycles. The third-order valence-electron chi connectivity index (χ3n) is 4.17. The van der Waals surface area contributed by atoms with Crippen LogP contribution in [0.25, 0.3) is 0 Å². The molecule has 1 aromatic heterocycles. The minimum absolute atomic E-state index is 0.0116. The topological polar surface area (TPSA) is 80.8 Å². The van der Waals surface area contributed by atoms with E-state index in [0.717, 1.165) is 5.69 Å². The number of anilines is 1. The molecule has 1 saturated heterocycles. The molecule has 8 heteroatoms. The normalized spacial score (nSPS) is 16.7. The third-order valence-corrected chi connectivity index (χ3v) is 5.05. The molecule has 1 aliphatic rings. The number of carbonyl (C=O) groups excluding carboxylic acids is 2. The Labute approximate surface area is 152 Å². The fourth-order valence-corrected chi connectivity index (χ4v) is 3.43. The Bertz CT molecular complexity index is 570. The van der Waals surface area contributed by atoms with Crippen LogP contribution >= 0.6 is 11.3 Å². The van der Waals surface area contributed by atoms with E-state index >= 15 is 0 Å². The van der Waals surface area contributed by atoms with Gasteiger partial charge in [0.2, 0.25) is 5.91 Å². The minimum Gasteiger partial charge on any atom is -0.379 e. The number of nitrogens with zero attached hydrogens (tertiary/aromatic N) is 2. The maximum absolute atomic E-state index is 12.4. The summed E-state index contributed by atoms with van der Waals surface area (Å²) in [6.07, 6.45) is 0.838. The highest BCUT2D eigenvalue weighted by Gasteiger charge is 2.29. The summed E-state index contributed by atoms with van der Waals surface area (Å²) < 4.78 is 10.7. The van der Waals surface area contributed by atoms with E-state index in [1.165, 1.54) is 11.3 Å². The lowest BCUT2D eigenvalue weighted by Gasteiger charge is -2.32. The molecular weight excluding hydrogens is 342 g/mol. The van der Waals surface area contributed by atoms with E-state index in [4.69, 9.17) is 9.47 Å². The number of amides is 2. The van der Waals surface area contributed by atoms with Gasteiger partial charge in [0.25, 0.3) is 5.91 Å². The first-order valence-electron chi connectivity index (χ1n) is 8.72. The van der Waals surface area contributed by atoms with Crippen LogP contribution in [0.15, 0.2) is 5.38 Å². The summed E-state index contributed by atoms with van der Waals surface area (Å²) in [7, 11) is 0. The number of carbonyl (C=O) groups is 2. The Kier molecular flexibility index (Phi) is 7.80. The van der Waals surface area contributed by atoms with Crippen LogP contribution < -0.4 is 5.32 Å².